The molecule has 0 radical (unpaired) electrons. The van der Waals surface area contributed by atoms with Crippen molar-refractivity contribution in [2.24, 2.45) is 10.7 Å². The van der Waals surface area contributed by atoms with E-state index in [1.165, 1.54) is 11.3 Å². The van der Waals surface area contributed by atoms with Gasteiger partial charge in [-0.2, -0.15) is 0 Å². The first-order valence-electron chi connectivity index (χ1n) is 6.89. The number of carbonyl (C=O) groups excluding carboxylic acids is 1. The molecule has 0 saturated carbocycles. The number of halogens is 1. The van der Waals surface area contributed by atoms with Gasteiger partial charge in [0.15, 0.2) is 0 Å². The number of thiophene rings is 1. The van der Waals surface area contributed by atoms with Crippen LogP contribution in [0.3, 0.4) is 0 Å². The second-order valence-corrected chi connectivity index (χ2v) is 7.06. The van der Waals surface area contributed by atoms with Crippen LogP contribution in [0, 0.1) is 0 Å². The van der Waals surface area contributed by atoms with Crippen molar-refractivity contribution in [1.29, 1.82) is 0 Å². The third kappa shape index (κ3) is 3.09. The van der Waals surface area contributed by atoms with E-state index in [1.54, 1.807) is 17.6 Å². The summed E-state index contributed by atoms with van der Waals surface area (Å²) in [7, 11) is 0. The Morgan fingerprint density at radius 1 is 1.24 bits per heavy atom. The Morgan fingerprint density at radius 3 is 2.67 bits per heavy atom. The second kappa shape index (κ2) is 6.12. The van der Waals surface area contributed by atoms with Crippen molar-refractivity contribution < 1.29 is 4.79 Å². The number of nitrogens with zero attached hydrogens (tertiary/aromatic N) is 1. The van der Waals surface area contributed by atoms with Gasteiger partial charge >= 0.3 is 0 Å². The lowest BCUT2D eigenvalue weighted by Gasteiger charge is -2.10. The molecule has 3 nitrogen and oxygen atoms in total. The van der Waals surface area contributed by atoms with Crippen LogP contribution in [-0.4, -0.2) is 12.1 Å². The van der Waals surface area contributed by atoms with E-state index in [4.69, 9.17) is 5.73 Å². The lowest BCUT2D eigenvalue weighted by Crippen LogP contribution is -2.14. The van der Waals surface area contributed by atoms with E-state index < -0.39 is 0 Å². The van der Waals surface area contributed by atoms with Crippen LogP contribution >= 0.6 is 27.3 Å². The molecule has 0 saturated heterocycles. The van der Waals surface area contributed by atoms with Crippen molar-refractivity contribution in [2.45, 2.75) is 25.7 Å². The molecular formula is C16H15BrN2OS. The van der Waals surface area contributed by atoms with Gasteiger partial charge in [0.25, 0.3) is 5.91 Å². The number of rotatable bonds is 3. The summed E-state index contributed by atoms with van der Waals surface area (Å²) in [6.45, 7) is 0. The number of aliphatic imine (C=N–C) groups is 1. The van der Waals surface area contributed by atoms with Crippen LogP contribution in [0.1, 0.15) is 39.2 Å². The second-order valence-electron chi connectivity index (χ2n) is 5.07. The Bertz CT molecular complexity index is 704. The molecule has 21 heavy (non-hydrogen) atoms. The van der Waals surface area contributed by atoms with Gasteiger partial charge < -0.3 is 5.73 Å². The maximum absolute atomic E-state index is 11.8. The molecule has 0 aliphatic heterocycles. The predicted octanol–water partition coefficient (Wildman–Crippen LogP) is 4.24. The highest BCUT2D eigenvalue weighted by atomic mass is 79.9. The number of carbonyl (C=O) groups is 1. The zero-order chi connectivity index (χ0) is 14.8. The molecule has 0 spiro atoms. The predicted molar refractivity (Wildman–Crippen MR) is 90.9 cm³/mol. The molecule has 3 rings (SSSR count). The molecule has 1 heterocycles. The standard InChI is InChI=1S/C16H15BrN2OS/c17-11-7-5-10(6-8-11)9-19-16-14(15(18)20)12-3-1-2-4-13(12)21-16/h5-9H,1-4H2,(H2,18,20)/b19-9+. The number of hydrogen-bond donors (Lipinski definition) is 1. The number of aryl methyl sites for hydroxylation is 1. The SMILES string of the molecule is NC(=O)c1c(/N=C/c2ccc(Br)cc2)sc2c1CCCC2. The zero-order valence-corrected chi connectivity index (χ0v) is 13.8. The Hall–Kier alpha value is -1.46. The van der Waals surface area contributed by atoms with E-state index in [0.717, 1.165) is 39.9 Å². The van der Waals surface area contributed by atoms with Gasteiger partial charge in [-0.15, -0.1) is 11.3 Å². The number of hydrogen-bond acceptors (Lipinski definition) is 3. The molecule has 1 aromatic carbocycles. The third-order valence-corrected chi connectivity index (χ3v) is 5.33. The van der Waals surface area contributed by atoms with E-state index in [1.807, 2.05) is 24.3 Å². The fourth-order valence-corrected chi connectivity index (χ4v) is 4.08. The summed E-state index contributed by atoms with van der Waals surface area (Å²) in [5, 5.41) is 0.748. The van der Waals surface area contributed by atoms with Crippen molar-refractivity contribution in [1.82, 2.24) is 0 Å². The lowest BCUT2D eigenvalue weighted by atomic mass is 9.95. The smallest absolute Gasteiger partial charge is 0.252 e. The van der Waals surface area contributed by atoms with Gasteiger partial charge in [0.2, 0.25) is 0 Å². The maximum Gasteiger partial charge on any atom is 0.252 e. The van der Waals surface area contributed by atoms with Crippen molar-refractivity contribution in [3.63, 3.8) is 0 Å². The Labute approximate surface area is 136 Å². The van der Waals surface area contributed by atoms with Crippen molar-refractivity contribution in [3.8, 4) is 0 Å². The van der Waals surface area contributed by atoms with Crippen LogP contribution in [0.15, 0.2) is 33.7 Å². The highest BCUT2D eigenvalue weighted by molar-refractivity contribution is 9.10. The number of fused-ring (bicyclic) bond motifs is 1. The summed E-state index contributed by atoms with van der Waals surface area (Å²) in [4.78, 5) is 17.5. The molecule has 1 amide bonds. The van der Waals surface area contributed by atoms with Crippen LogP contribution in [0.2, 0.25) is 0 Å². The van der Waals surface area contributed by atoms with Gasteiger partial charge in [-0.25, -0.2) is 4.99 Å². The van der Waals surface area contributed by atoms with Crippen LogP contribution in [0.25, 0.3) is 0 Å². The van der Waals surface area contributed by atoms with Crippen LogP contribution in [0.5, 0.6) is 0 Å². The minimum Gasteiger partial charge on any atom is -0.365 e. The van der Waals surface area contributed by atoms with Gasteiger partial charge in [-0.3, -0.25) is 4.79 Å². The van der Waals surface area contributed by atoms with Gasteiger partial charge in [-0.05, 0) is 48.9 Å². The topological polar surface area (TPSA) is 55.5 Å². The maximum atomic E-state index is 11.8. The molecule has 0 fully saturated rings. The number of nitrogens with two attached hydrogens (primary N) is 1. The van der Waals surface area contributed by atoms with Crippen molar-refractivity contribution >= 4 is 44.4 Å². The molecule has 0 atom stereocenters. The summed E-state index contributed by atoms with van der Waals surface area (Å²) in [6, 6.07) is 7.89. The van der Waals surface area contributed by atoms with Gasteiger partial charge in [0.1, 0.15) is 5.00 Å². The third-order valence-electron chi connectivity index (χ3n) is 3.60. The molecule has 1 aromatic heterocycles. The van der Waals surface area contributed by atoms with Crippen molar-refractivity contribution in [3.05, 3.63) is 50.3 Å². The number of benzene rings is 1. The molecule has 0 bridgehead atoms. The Morgan fingerprint density at radius 2 is 1.95 bits per heavy atom. The molecule has 1 aliphatic rings. The zero-order valence-electron chi connectivity index (χ0n) is 11.4. The number of primary amides is 1. The van der Waals surface area contributed by atoms with Gasteiger partial charge in [-0.1, -0.05) is 28.1 Å². The molecular weight excluding hydrogens is 348 g/mol. The first-order valence-corrected chi connectivity index (χ1v) is 8.50. The van der Waals surface area contributed by atoms with Crippen LogP contribution in [-0.2, 0) is 12.8 Å². The molecule has 5 heteroatoms. The number of amides is 1. The Balaban J connectivity index is 1.96. The fourth-order valence-electron chi connectivity index (χ4n) is 2.58. The summed E-state index contributed by atoms with van der Waals surface area (Å²) in [5.74, 6) is -0.364. The van der Waals surface area contributed by atoms with E-state index in [9.17, 15) is 4.79 Å². The summed E-state index contributed by atoms with van der Waals surface area (Å²) >= 11 is 5.01. The lowest BCUT2D eigenvalue weighted by molar-refractivity contribution is 0.100. The summed E-state index contributed by atoms with van der Waals surface area (Å²) in [6.07, 6.45) is 6.07. The van der Waals surface area contributed by atoms with Gasteiger partial charge in [0, 0.05) is 15.6 Å². The average molecular weight is 363 g/mol. The van der Waals surface area contributed by atoms with Crippen LogP contribution < -0.4 is 5.73 Å². The van der Waals surface area contributed by atoms with Gasteiger partial charge in [0.05, 0.1) is 5.56 Å². The monoisotopic (exact) mass is 362 g/mol. The van der Waals surface area contributed by atoms with E-state index in [-0.39, 0.29) is 5.91 Å². The summed E-state index contributed by atoms with van der Waals surface area (Å²) in [5.41, 5.74) is 8.31. The largest absolute Gasteiger partial charge is 0.365 e. The first-order chi connectivity index (χ1) is 10.1. The van der Waals surface area contributed by atoms with Crippen LogP contribution in [0.4, 0.5) is 5.00 Å². The van der Waals surface area contributed by atoms with E-state index in [0.29, 0.717) is 5.56 Å². The average Bonchev–Trinajstić information content (AvgIpc) is 2.85. The minimum atomic E-state index is -0.364. The molecule has 108 valence electrons. The molecule has 1 aliphatic carbocycles. The Kier molecular flexibility index (Phi) is 4.22. The minimum absolute atomic E-state index is 0.364. The quantitative estimate of drug-likeness (QED) is 0.815. The van der Waals surface area contributed by atoms with E-state index in [2.05, 4.69) is 20.9 Å². The van der Waals surface area contributed by atoms with E-state index >= 15 is 0 Å². The molecule has 2 N–H and O–H groups in total. The molecule has 0 unspecified atom stereocenters. The highest BCUT2D eigenvalue weighted by Crippen LogP contribution is 2.39. The first kappa shape index (κ1) is 14.5. The fraction of sp³-hybridized carbons (Fsp3) is 0.250. The normalized spacial score (nSPS) is 14.3. The van der Waals surface area contributed by atoms with Crippen molar-refractivity contribution in [2.75, 3.05) is 0 Å². The highest BCUT2D eigenvalue weighted by Gasteiger charge is 2.23. The molecule has 2 aromatic rings. The summed E-state index contributed by atoms with van der Waals surface area (Å²) < 4.78 is 1.03.